The number of amides is 1. The van der Waals surface area contributed by atoms with Crippen LogP contribution in [0.2, 0.25) is 0 Å². The van der Waals surface area contributed by atoms with Crippen LogP contribution in [-0.4, -0.2) is 60.6 Å². The summed E-state index contributed by atoms with van der Waals surface area (Å²) in [5.41, 5.74) is 1.60. The molecule has 1 saturated heterocycles. The number of aryl methyl sites for hydroxylation is 1. The Balaban J connectivity index is 1.43. The third-order valence-corrected chi connectivity index (χ3v) is 9.15. The minimum absolute atomic E-state index is 0.0114. The lowest BCUT2D eigenvalue weighted by molar-refractivity contribution is -0.384. The highest BCUT2D eigenvalue weighted by Crippen LogP contribution is 2.32. The zero-order chi connectivity index (χ0) is 23.6. The lowest BCUT2D eigenvalue weighted by Gasteiger charge is -2.26. The second kappa shape index (κ2) is 9.73. The highest BCUT2D eigenvalue weighted by atomic mass is 32.2. The zero-order valence-corrected chi connectivity index (χ0v) is 20.0. The number of hydrogen-bond donors (Lipinski definition) is 1. The first kappa shape index (κ1) is 23.6. The number of thiazole rings is 1. The molecule has 2 heterocycles. The molecule has 1 aliphatic rings. The van der Waals surface area contributed by atoms with Gasteiger partial charge in [0.25, 0.3) is 5.69 Å². The molecule has 0 saturated carbocycles. The third-order valence-electron chi connectivity index (χ3n) is 4.95. The molecule has 0 radical (unpaired) electrons. The molecule has 0 bridgehead atoms. The zero-order valence-electron chi connectivity index (χ0n) is 17.5. The van der Waals surface area contributed by atoms with Gasteiger partial charge in [-0.25, -0.2) is 13.4 Å². The minimum atomic E-state index is -3.69. The standard InChI is InChI=1S/C20H20N4O6S3/c1-13-2-3-14(10-18(13)33(28,29)23-6-8-30-9-7-23)21-19(25)12-31-20-22-16-5-4-15(24(26)27)11-17(16)32-20/h2-5,10-11H,6-9,12H2,1H3,(H,21,25). The van der Waals surface area contributed by atoms with Gasteiger partial charge in [0.05, 0.1) is 39.0 Å². The summed E-state index contributed by atoms with van der Waals surface area (Å²) in [5, 5.41) is 13.7. The van der Waals surface area contributed by atoms with Gasteiger partial charge in [0.1, 0.15) is 0 Å². The van der Waals surface area contributed by atoms with E-state index in [1.807, 2.05) is 0 Å². The summed E-state index contributed by atoms with van der Waals surface area (Å²) in [6.07, 6.45) is 0. The number of carbonyl (C=O) groups excluding carboxylic acids is 1. The normalized spacial score (nSPS) is 14.9. The Morgan fingerprint density at radius 2 is 2.03 bits per heavy atom. The van der Waals surface area contributed by atoms with Crippen molar-refractivity contribution in [3.8, 4) is 0 Å². The van der Waals surface area contributed by atoms with Gasteiger partial charge in [-0.15, -0.1) is 11.3 Å². The molecule has 0 atom stereocenters. The molecule has 4 rings (SSSR count). The Morgan fingerprint density at radius 3 is 2.76 bits per heavy atom. The molecule has 174 valence electrons. The fourth-order valence-electron chi connectivity index (χ4n) is 3.27. The Hall–Kier alpha value is -2.58. The predicted molar refractivity (Wildman–Crippen MR) is 126 cm³/mol. The van der Waals surface area contributed by atoms with Crippen LogP contribution in [0, 0.1) is 17.0 Å². The highest BCUT2D eigenvalue weighted by molar-refractivity contribution is 8.01. The van der Waals surface area contributed by atoms with Crippen LogP contribution in [0.15, 0.2) is 45.6 Å². The van der Waals surface area contributed by atoms with Crippen LogP contribution in [0.5, 0.6) is 0 Å². The fraction of sp³-hybridized carbons (Fsp3) is 0.300. The monoisotopic (exact) mass is 508 g/mol. The third kappa shape index (κ3) is 5.33. The molecule has 1 fully saturated rings. The number of carbonyl (C=O) groups is 1. The van der Waals surface area contributed by atoms with Gasteiger partial charge in [0.2, 0.25) is 15.9 Å². The lowest BCUT2D eigenvalue weighted by Crippen LogP contribution is -2.40. The topological polar surface area (TPSA) is 132 Å². The molecule has 2 aromatic carbocycles. The van der Waals surface area contributed by atoms with E-state index in [2.05, 4.69) is 10.3 Å². The number of anilines is 1. The van der Waals surface area contributed by atoms with Crippen molar-refractivity contribution in [1.29, 1.82) is 0 Å². The fourth-order valence-corrected chi connectivity index (χ4v) is 6.83. The number of morpholine rings is 1. The number of aromatic nitrogens is 1. The molecule has 0 aliphatic carbocycles. The summed E-state index contributed by atoms with van der Waals surface area (Å²) in [7, 11) is -3.69. The number of fused-ring (bicyclic) bond motifs is 1. The van der Waals surface area contributed by atoms with Crippen molar-refractivity contribution >= 4 is 60.6 Å². The molecule has 13 heteroatoms. The van der Waals surface area contributed by atoms with Crippen molar-refractivity contribution in [3.63, 3.8) is 0 Å². The summed E-state index contributed by atoms with van der Waals surface area (Å²) >= 11 is 2.48. The largest absolute Gasteiger partial charge is 0.379 e. The van der Waals surface area contributed by atoms with Gasteiger partial charge in [-0.3, -0.25) is 14.9 Å². The number of ether oxygens (including phenoxy) is 1. The van der Waals surface area contributed by atoms with E-state index in [9.17, 15) is 23.3 Å². The van der Waals surface area contributed by atoms with Gasteiger partial charge in [-0.2, -0.15) is 4.31 Å². The summed E-state index contributed by atoms with van der Waals surface area (Å²) in [5.74, 6) is -0.259. The molecule has 3 aromatic rings. The van der Waals surface area contributed by atoms with Crippen LogP contribution < -0.4 is 5.32 Å². The van der Waals surface area contributed by atoms with Gasteiger partial charge in [0.15, 0.2) is 4.34 Å². The molecule has 1 N–H and O–H groups in total. The van der Waals surface area contributed by atoms with E-state index in [0.29, 0.717) is 52.1 Å². The predicted octanol–water partition coefficient (Wildman–Crippen LogP) is 3.26. The number of thioether (sulfide) groups is 1. The Kier molecular flexibility index (Phi) is 6.95. The van der Waals surface area contributed by atoms with Crippen molar-refractivity contribution < 1.29 is 22.9 Å². The maximum atomic E-state index is 13.0. The molecule has 1 amide bonds. The number of nitrogens with zero attached hydrogens (tertiary/aromatic N) is 3. The SMILES string of the molecule is Cc1ccc(NC(=O)CSc2nc3ccc([N+](=O)[O-])cc3s2)cc1S(=O)(=O)N1CCOCC1. The molecule has 1 aliphatic heterocycles. The number of rotatable bonds is 7. The van der Waals surface area contributed by atoms with Crippen LogP contribution in [0.25, 0.3) is 10.2 Å². The molecular formula is C20H20N4O6S3. The first-order chi connectivity index (χ1) is 15.7. The number of sulfonamides is 1. The van der Waals surface area contributed by atoms with Gasteiger partial charge in [-0.1, -0.05) is 17.8 Å². The van der Waals surface area contributed by atoms with Crippen LogP contribution >= 0.6 is 23.1 Å². The second-order valence-electron chi connectivity index (χ2n) is 7.22. The average Bonchev–Trinajstić information content (AvgIpc) is 3.21. The van der Waals surface area contributed by atoms with Crippen molar-refractivity contribution in [2.45, 2.75) is 16.2 Å². The van der Waals surface area contributed by atoms with E-state index in [0.717, 1.165) is 0 Å². The Bertz CT molecular complexity index is 1320. The number of non-ortho nitro benzene ring substituents is 1. The van der Waals surface area contributed by atoms with Crippen LogP contribution in [0.3, 0.4) is 0 Å². The van der Waals surface area contributed by atoms with Crippen molar-refractivity contribution in [2.75, 3.05) is 37.4 Å². The van der Waals surface area contributed by atoms with Crippen LogP contribution in [0.1, 0.15) is 5.56 Å². The van der Waals surface area contributed by atoms with E-state index in [1.54, 1.807) is 25.1 Å². The molecule has 33 heavy (non-hydrogen) atoms. The van der Waals surface area contributed by atoms with Crippen molar-refractivity contribution in [2.24, 2.45) is 0 Å². The van der Waals surface area contributed by atoms with Crippen LogP contribution in [-0.2, 0) is 19.6 Å². The average molecular weight is 509 g/mol. The molecule has 0 unspecified atom stereocenters. The Morgan fingerprint density at radius 1 is 1.27 bits per heavy atom. The first-order valence-electron chi connectivity index (χ1n) is 9.90. The summed E-state index contributed by atoms with van der Waals surface area (Å²) in [6, 6.07) is 9.23. The molecule has 1 aromatic heterocycles. The molecular weight excluding hydrogens is 488 g/mol. The molecule has 10 nitrogen and oxygen atoms in total. The smallest absolute Gasteiger partial charge is 0.270 e. The van der Waals surface area contributed by atoms with Crippen molar-refractivity contribution in [1.82, 2.24) is 9.29 Å². The number of nitro benzene ring substituents is 1. The maximum Gasteiger partial charge on any atom is 0.270 e. The number of benzene rings is 2. The van der Waals surface area contributed by atoms with Crippen molar-refractivity contribution in [3.05, 3.63) is 52.1 Å². The number of nitro groups is 1. The minimum Gasteiger partial charge on any atom is -0.379 e. The van der Waals surface area contributed by atoms with Crippen LogP contribution in [0.4, 0.5) is 11.4 Å². The summed E-state index contributed by atoms with van der Waals surface area (Å²) in [6.45, 7) is 3.00. The Labute approximate surface area is 198 Å². The van der Waals surface area contributed by atoms with Gasteiger partial charge >= 0.3 is 0 Å². The lowest BCUT2D eigenvalue weighted by atomic mass is 10.2. The highest BCUT2D eigenvalue weighted by Gasteiger charge is 2.28. The van der Waals surface area contributed by atoms with E-state index in [-0.39, 0.29) is 22.2 Å². The van der Waals surface area contributed by atoms with Gasteiger partial charge in [0, 0.05) is 30.9 Å². The number of nitrogens with one attached hydrogen (secondary N) is 1. The number of hydrogen-bond acceptors (Lipinski definition) is 9. The van der Waals surface area contributed by atoms with E-state index >= 15 is 0 Å². The van der Waals surface area contributed by atoms with Gasteiger partial charge < -0.3 is 10.1 Å². The summed E-state index contributed by atoms with van der Waals surface area (Å²) < 4.78 is 33.9. The quantitative estimate of drug-likeness (QED) is 0.292. The first-order valence-corrected chi connectivity index (χ1v) is 13.1. The molecule has 0 spiro atoms. The van der Waals surface area contributed by atoms with E-state index in [4.69, 9.17) is 4.74 Å². The van der Waals surface area contributed by atoms with Gasteiger partial charge in [-0.05, 0) is 30.7 Å². The second-order valence-corrected chi connectivity index (χ2v) is 11.4. The summed E-state index contributed by atoms with van der Waals surface area (Å²) in [4.78, 5) is 27.5. The van der Waals surface area contributed by atoms with E-state index in [1.165, 1.54) is 45.6 Å². The maximum absolute atomic E-state index is 13.0. The van der Waals surface area contributed by atoms with E-state index < -0.39 is 14.9 Å².